The van der Waals surface area contributed by atoms with Gasteiger partial charge in [0.1, 0.15) is 0 Å². The molecule has 20 heavy (non-hydrogen) atoms. The van der Waals surface area contributed by atoms with Crippen molar-refractivity contribution in [3.63, 3.8) is 0 Å². The summed E-state index contributed by atoms with van der Waals surface area (Å²) in [7, 11) is 0. The van der Waals surface area contributed by atoms with Crippen molar-refractivity contribution < 1.29 is 4.79 Å². The van der Waals surface area contributed by atoms with Gasteiger partial charge in [-0.1, -0.05) is 17.9 Å². The number of nitrogens with two attached hydrogens (primary N) is 1. The third-order valence-electron chi connectivity index (χ3n) is 2.62. The molecule has 0 aromatic carbocycles. The zero-order valence-corrected chi connectivity index (χ0v) is 11.9. The van der Waals surface area contributed by atoms with E-state index < -0.39 is 0 Å². The molecule has 0 saturated carbocycles. The van der Waals surface area contributed by atoms with Gasteiger partial charge in [0.25, 0.3) is 5.91 Å². The highest BCUT2D eigenvalue weighted by atomic mass is 32.1. The fraction of sp³-hybridized carbons (Fsp3) is 0.200. The van der Waals surface area contributed by atoms with Crippen LogP contribution in [0.5, 0.6) is 0 Å². The predicted molar refractivity (Wildman–Crippen MR) is 80.4 cm³/mol. The van der Waals surface area contributed by atoms with E-state index in [1.165, 1.54) is 11.3 Å². The molecular weight excluding hydrogens is 270 g/mol. The maximum absolute atomic E-state index is 12.1. The van der Waals surface area contributed by atoms with Crippen molar-refractivity contribution in [3.8, 4) is 11.8 Å². The summed E-state index contributed by atoms with van der Waals surface area (Å²) < 4.78 is 0. The quantitative estimate of drug-likeness (QED) is 0.847. The zero-order valence-electron chi connectivity index (χ0n) is 11.1. The summed E-state index contributed by atoms with van der Waals surface area (Å²) in [6.07, 6.45) is 1.71. The molecular formula is C15H15N3OS. The first-order valence-corrected chi connectivity index (χ1v) is 7.03. The topological polar surface area (TPSA) is 68.0 Å². The highest BCUT2D eigenvalue weighted by molar-refractivity contribution is 7.14. The highest BCUT2D eigenvalue weighted by Crippen LogP contribution is 2.17. The van der Waals surface area contributed by atoms with Crippen LogP contribution in [0.3, 0.4) is 0 Å². The van der Waals surface area contributed by atoms with Gasteiger partial charge in [0.05, 0.1) is 28.0 Å². The predicted octanol–water partition coefficient (Wildman–Crippen LogP) is 1.94. The van der Waals surface area contributed by atoms with Crippen molar-refractivity contribution >= 4 is 17.2 Å². The molecule has 4 nitrogen and oxygen atoms in total. The lowest BCUT2D eigenvalue weighted by atomic mass is 10.2. The van der Waals surface area contributed by atoms with Crippen LogP contribution in [0.2, 0.25) is 0 Å². The van der Waals surface area contributed by atoms with Crippen LogP contribution in [0, 0.1) is 11.8 Å². The number of amides is 1. The molecule has 2 aromatic rings. The molecule has 0 bridgehead atoms. The monoisotopic (exact) mass is 285 g/mol. The standard InChI is InChI=1S/C15H15N3OS/c1-11(13-6-2-3-10-17-13)18-15(19)14-8-7-12(20-14)5-4-9-16/h2-3,6-8,10-11H,9,16H2,1H3,(H,18,19). The summed E-state index contributed by atoms with van der Waals surface area (Å²) >= 11 is 1.36. The number of nitrogens with one attached hydrogen (secondary N) is 1. The molecule has 0 aliphatic heterocycles. The fourth-order valence-corrected chi connectivity index (χ4v) is 2.42. The van der Waals surface area contributed by atoms with E-state index in [-0.39, 0.29) is 11.9 Å². The Balaban J connectivity index is 2.03. The summed E-state index contributed by atoms with van der Waals surface area (Å²) in [5.74, 6) is 5.57. The number of aromatic nitrogens is 1. The first-order chi connectivity index (χ1) is 9.70. The number of pyridine rings is 1. The number of nitrogens with zero attached hydrogens (tertiary/aromatic N) is 1. The number of thiophene rings is 1. The molecule has 5 heteroatoms. The number of carbonyl (C=O) groups is 1. The van der Waals surface area contributed by atoms with Gasteiger partial charge in [-0.3, -0.25) is 9.78 Å². The average Bonchev–Trinajstić information content (AvgIpc) is 2.95. The van der Waals surface area contributed by atoms with Crippen LogP contribution < -0.4 is 11.1 Å². The SMILES string of the molecule is CC(NC(=O)c1ccc(C#CCN)s1)c1ccccn1. The summed E-state index contributed by atoms with van der Waals surface area (Å²) in [6.45, 7) is 2.22. The molecule has 3 N–H and O–H groups in total. The van der Waals surface area contributed by atoms with Gasteiger partial charge in [-0.25, -0.2) is 0 Å². The first-order valence-electron chi connectivity index (χ1n) is 6.21. The van der Waals surface area contributed by atoms with Crippen LogP contribution >= 0.6 is 11.3 Å². The molecule has 0 aliphatic carbocycles. The molecule has 2 aromatic heterocycles. The largest absolute Gasteiger partial charge is 0.343 e. The van der Waals surface area contributed by atoms with Gasteiger partial charge < -0.3 is 11.1 Å². The molecule has 0 radical (unpaired) electrons. The Morgan fingerprint density at radius 2 is 2.30 bits per heavy atom. The van der Waals surface area contributed by atoms with Gasteiger partial charge in [-0.05, 0) is 31.2 Å². The van der Waals surface area contributed by atoms with E-state index in [9.17, 15) is 4.79 Å². The molecule has 1 amide bonds. The third kappa shape index (κ3) is 3.67. The molecule has 1 unspecified atom stereocenters. The first kappa shape index (κ1) is 14.3. The van der Waals surface area contributed by atoms with Gasteiger partial charge in [0, 0.05) is 6.20 Å². The molecule has 0 spiro atoms. The van der Waals surface area contributed by atoms with Gasteiger partial charge in [0.2, 0.25) is 0 Å². The molecule has 1 atom stereocenters. The van der Waals surface area contributed by atoms with Crippen molar-refractivity contribution in [2.75, 3.05) is 6.54 Å². The number of hydrogen-bond acceptors (Lipinski definition) is 4. The highest BCUT2D eigenvalue weighted by Gasteiger charge is 2.13. The van der Waals surface area contributed by atoms with Gasteiger partial charge >= 0.3 is 0 Å². The molecule has 102 valence electrons. The lowest BCUT2D eigenvalue weighted by Crippen LogP contribution is -2.26. The number of carbonyl (C=O) groups excluding carboxylic acids is 1. The summed E-state index contributed by atoms with van der Waals surface area (Å²) in [6, 6.07) is 9.09. The van der Waals surface area contributed by atoms with E-state index in [0.717, 1.165) is 10.6 Å². The van der Waals surface area contributed by atoms with Crippen molar-refractivity contribution in [2.45, 2.75) is 13.0 Å². The van der Waals surface area contributed by atoms with Gasteiger partial charge in [0.15, 0.2) is 0 Å². The summed E-state index contributed by atoms with van der Waals surface area (Å²) in [4.78, 5) is 17.8. The average molecular weight is 285 g/mol. The Morgan fingerprint density at radius 3 is 3.00 bits per heavy atom. The Labute approximate surface area is 122 Å². The second kappa shape index (κ2) is 6.85. The smallest absolute Gasteiger partial charge is 0.261 e. The van der Waals surface area contributed by atoms with Crippen LogP contribution in [0.25, 0.3) is 0 Å². The van der Waals surface area contributed by atoms with E-state index in [2.05, 4.69) is 22.1 Å². The van der Waals surface area contributed by atoms with Crippen LogP contribution in [0.4, 0.5) is 0 Å². The minimum absolute atomic E-state index is 0.117. The van der Waals surface area contributed by atoms with E-state index in [1.54, 1.807) is 12.3 Å². The second-order valence-electron chi connectivity index (χ2n) is 4.12. The van der Waals surface area contributed by atoms with Gasteiger partial charge in [-0.15, -0.1) is 11.3 Å². The van der Waals surface area contributed by atoms with E-state index in [1.807, 2.05) is 31.2 Å². The molecule has 0 aliphatic rings. The second-order valence-corrected chi connectivity index (χ2v) is 5.20. The van der Waals surface area contributed by atoms with E-state index in [0.29, 0.717) is 11.4 Å². The van der Waals surface area contributed by atoms with Crippen molar-refractivity contribution in [2.24, 2.45) is 5.73 Å². The van der Waals surface area contributed by atoms with Crippen molar-refractivity contribution in [1.29, 1.82) is 0 Å². The minimum Gasteiger partial charge on any atom is -0.343 e. The van der Waals surface area contributed by atoms with Crippen LogP contribution in [-0.2, 0) is 0 Å². The molecule has 0 fully saturated rings. The third-order valence-corrected chi connectivity index (χ3v) is 3.62. The Bertz CT molecular complexity index is 640. The lowest BCUT2D eigenvalue weighted by molar-refractivity contribution is 0.0943. The van der Waals surface area contributed by atoms with Gasteiger partial charge in [-0.2, -0.15) is 0 Å². The molecule has 2 heterocycles. The Hall–Kier alpha value is -2.16. The maximum Gasteiger partial charge on any atom is 0.261 e. The summed E-state index contributed by atoms with van der Waals surface area (Å²) in [5, 5.41) is 2.92. The van der Waals surface area contributed by atoms with Crippen molar-refractivity contribution in [1.82, 2.24) is 10.3 Å². The summed E-state index contributed by atoms with van der Waals surface area (Å²) in [5.41, 5.74) is 6.15. The van der Waals surface area contributed by atoms with Crippen LogP contribution in [0.1, 0.15) is 33.2 Å². The maximum atomic E-state index is 12.1. The number of hydrogen-bond donors (Lipinski definition) is 2. The van der Waals surface area contributed by atoms with Crippen molar-refractivity contribution in [3.05, 3.63) is 52.0 Å². The fourth-order valence-electron chi connectivity index (χ4n) is 1.64. The normalized spacial score (nSPS) is 11.3. The molecule has 2 rings (SSSR count). The lowest BCUT2D eigenvalue weighted by Gasteiger charge is -2.12. The Morgan fingerprint density at radius 1 is 1.45 bits per heavy atom. The number of rotatable bonds is 3. The van der Waals surface area contributed by atoms with Crippen LogP contribution in [-0.4, -0.2) is 17.4 Å². The zero-order chi connectivity index (χ0) is 14.4. The Kier molecular flexibility index (Phi) is 4.88. The van der Waals surface area contributed by atoms with E-state index in [4.69, 9.17) is 5.73 Å². The minimum atomic E-state index is -0.135. The van der Waals surface area contributed by atoms with Crippen LogP contribution in [0.15, 0.2) is 36.5 Å². The molecule has 0 saturated heterocycles. The van der Waals surface area contributed by atoms with E-state index >= 15 is 0 Å².